The van der Waals surface area contributed by atoms with E-state index in [1.54, 1.807) is 6.07 Å². The molecule has 3 heterocycles. The van der Waals surface area contributed by atoms with Crippen LogP contribution >= 0.6 is 12.4 Å². The van der Waals surface area contributed by atoms with Crippen LogP contribution in [0, 0.1) is 11.8 Å². The second-order valence-electron chi connectivity index (χ2n) is 7.21. The largest absolute Gasteiger partial charge is 0.490 e. The molecule has 2 atom stereocenters. The van der Waals surface area contributed by atoms with Crippen molar-refractivity contribution in [1.29, 1.82) is 0 Å². The summed E-state index contributed by atoms with van der Waals surface area (Å²) in [7, 11) is -3.54. The Kier molecular flexibility index (Phi) is 6.18. The van der Waals surface area contributed by atoms with Crippen molar-refractivity contribution in [3.63, 3.8) is 0 Å². The van der Waals surface area contributed by atoms with Gasteiger partial charge in [-0.3, -0.25) is 4.79 Å². The molecule has 1 amide bonds. The van der Waals surface area contributed by atoms with Gasteiger partial charge < -0.3 is 19.7 Å². The van der Waals surface area contributed by atoms with Crippen LogP contribution in [-0.2, 0) is 14.6 Å². The Morgan fingerprint density at radius 3 is 2.48 bits per heavy atom. The Labute approximate surface area is 165 Å². The van der Waals surface area contributed by atoms with Crippen LogP contribution in [0.2, 0.25) is 0 Å². The molecule has 0 aromatic heterocycles. The van der Waals surface area contributed by atoms with E-state index in [-0.39, 0.29) is 35.4 Å². The van der Waals surface area contributed by atoms with Crippen molar-refractivity contribution in [2.75, 3.05) is 45.1 Å². The molecule has 3 aliphatic heterocycles. The van der Waals surface area contributed by atoms with Crippen LogP contribution < -0.4 is 14.8 Å². The van der Waals surface area contributed by atoms with Crippen LogP contribution in [0.5, 0.6) is 11.5 Å². The summed E-state index contributed by atoms with van der Waals surface area (Å²) in [5.41, 5.74) is 0. The van der Waals surface area contributed by atoms with E-state index in [1.807, 2.05) is 4.90 Å². The molecule has 4 rings (SSSR count). The van der Waals surface area contributed by atoms with Crippen molar-refractivity contribution in [1.82, 2.24) is 10.2 Å². The third-order valence-electron chi connectivity index (χ3n) is 5.40. The predicted molar refractivity (Wildman–Crippen MR) is 102 cm³/mol. The minimum atomic E-state index is -3.54. The fourth-order valence-corrected chi connectivity index (χ4v) is 5.13. The SMILES string of the molecule is Cl.O=C(CCS(=O)(=O)c1ccc2c(c1)OCCCO2)N1C[C@H]2CNC[C@H]2C1. The van der Waals surface area contributed by atoms with E-state index < -0.39 is 9.84 Å². The zero-order valence-electron chi connectivity index (χ0n) is 15.1. The van der Waals surface area contributed by atoms with Crippen molar-refractivity contribution in [3.8, 4) is 11.5 Å². The van der Waals surface area contributed by atoms with E-state index in [2.05, 4.69) is 5.32 Å². The van der Waals surface area contributed by atoms with Gasteiger partial charge in [0, 0.05) is 45.1 Å². The molecule has 9 heteroatoms. The van der Waals surface area contributed by atoms with E-state index in [1.165, 1.54) is 12.1 Å². The number of fused-ring (bicyclic) bond motifs is 2. The number of sulfone groups is 1. The van der Waals surface area contributed by atoms with Crippen LogP contribution in [-0.4, -0.2) is 64.4 Å². The molecular weight excluding hydrogens is 392 g/mol. The fourth-order valence-electron chi connectivity index (χ4n) is 3.89. The molecule has 0 unspecified atom stereocenters. The van der Waals surface area contributed by atoms with E-state index in [9.17, 15) is 13.2 Å². The van der Waals surface area contributed by atoms with Crippen molar-refractivity contribution in [2.24, 2.45) is 11.8 Å². The molecule has 0 spiro atoms. The molecule has 7 nitrogen and oxygen atoms in total. The second kappa shape index (κ2) is 8.24. The highest BCUT2D eigenvalue weighted by Gasteiger charge is 2.38. The Morgan fingerprint density at radius 1 is 1.11 bits per heavy atom. The van der Waals surface area contributed by atoms with Gasteiger partial charge in [-0.2, -0.15) is 0 Å². The third-order valence-corrected chi connectivity index (χ3v) is 7.12. The summed E-state index contributed by atoms with van der Waals surface area (Å²) in [4.78, 5) is 14.4. The lowest BCUT2D eigenvalue weighted by Gasteiger charge is -2.17. The maximum Gasteiger partial charge on any atom is 0.223 e. The number of carbonyl (C=O) groups excluding carboxylic acids is 1. The standard InChI is InChI=1S/C18H24N2O5S.ClH/c21-18(20-11-13-9-19-10-14(13)12-20)4-7-26(22,23)15-2-3-16-17(8-15)25-6-1-5-24-16;/h2-3,8,13-14,19H,1,4-7,9-12H2;1H/t13-,14+;. The predicted octanol–water partition coefficient (Wildman–Crippen LogP) is 1.11. The van der Waals surface area contributed by atoms with Gasteiger partial charge >= 0.3 is 0 Å². The maximum absolute atomic E-state index is 12.6. The Bertz CT molecular complexity index is 789. The van der Waals surface area contributed by atoms with Gasteiger partial charge in [-0.25, -0.2) is 8.42 Å². The maximum atomic E-state index is 12.6. The van der Waals surface area contributed by atoms with Crippen LogP contribution in [0.25, 0.3) is 0 Å². The minimum Gasteiger partial charge on any atom is -0.490 e. The quantitative estimate of drug-likeness (QED) is 0.791. The smallest absolute Gasteiger partial charge is 0.223 e. The Hall–Kier alpha value is -1.51. The topological polar surface area (TPSA) is 84.9 Å². The molecule has 0 aliphatic carbocycles. The van der Waals surface area contributed by atoms with Gasteiger partial charge in [-0.15, -0.1) is 12.4 Å². The summed E-state index contributed by atoms with van der Waals surface area (Å²) in [5, 5.41) is 3.33. The monoisotopic (exact) mass is 416 g/mol. The van der Waals surface area contributed by atoms with Crippen LogP contribution in [0.4, 0.5) is 0 Å². The van der Waals surface area contributed by atoms with E-state index in [0.717, 1.165) is 32.6 Å². The highest BCUT2D eigenvalue weighted by molar-refractivity contribution is 7.91. The van der Waals surface area contributed by atoms with Crippen molar-refractivity contribution in [3.05, 3.63) is 18.2 Å². The third kappa shape index (κ3) is 4.33. The molecule has 0 radical (unpaired) electrons. The number of halogens is 1. The number of hydrogen-bond acceptors (Lipinski definition) is 6. The molecule has 1 N–H and O–H groups in total. The highest BCUT2D eigenvalue weighted by atomic mass is 35.5. The lowest BCUT2D eigenvalue weighted by molar-refractivity contribution is -0.130. The summed E-state index contributed by atoms with van der Waals surface area (Å²) >= 11 is 0. The minimum absolute atomic E-state index is 0. The van der Waals surface area contributed by atoms with Gasteiger partial charge in [-0.05, 0) is 24.0 Å². The number of ether oxygens (including phenoxy) is 2. The lowest BCUT2D eigenvalue weighted by atomic mass is 10.0. The molecule has 1 aromatic carbocycles. The first-order chi connectivity index (χ1) is 12.5. The first kappa shape index (κ1) is 20.2. The van der Waals surface area contributed by atoms with Crippen LogP contribution in [0.1, 0.15) is 12.8 Å². The first-order valence-corrected chi connectivity index (χ1v) is 10.8. The number of carbonyl (C=O) groups is 1. The number of benzene rings is 1. The molecule has 150 valence electrons. The molecule has 2 saturated heterocycles. The molecule has 27 heavy (non-hydrogen) atoms. The van der Waals surface area contributed by atoms with E-state index >= 15 is 0 Å². The second-order valence-corrected chi connectivity index (χ2v) is 9.31. The average molecular weight is 417 g/mol. The van der Waals surface area contributed by atoms with Gasteiger partial charge in [0.05, 0.1) is 23.9 Å². The summed E-state index contributed by atoms with van der Waals surface area (Å²) in [6, 6.07) is 4.66. The lowest BCUT2D eigenvalue weighted by Crippen LogP contribution is -2.32. The van der Waals surface area contributed by atoms with Gasteiger partial charge in [-0.1, -0.05) is 0 Å². The Balaban J connectivity index is 0.00000210. The summed E-state index contributed by atoms with van der Waals surface area (Å²) in [5.74, 6) is 1.78. The number of likely N-dealkylation sites (tertiary alicyclic amines) is 1. The molecular formula is C18H25ClN2O5S. The summed E-state index contributed by atoms with van der Waals surface area (Å²) < 4.78 is 36.4. The number of rotatable bonds is 4. The van der Waals surface area contributed by atoms with Crippen molar-refractivity contribution in [2.45, 2.75) is 17.7 Å². The van der Waals surface area contributed by atoms with Crippen LogP contribution in [0.15, 0.2) is 23.1 Å². The zero-order valence-corrected chi connectivity index (χ0v) is 16.7. The summed E-state index contributed by atoms with van der Waals surface area (Å²) in [6.45, 7) is 4.43. The fraction of sp³-hybridized carbons (Fsp3) is 0.611. The van der Waals surface area contributed by atoms with Gasteiger partial charge in [0.1, 0.15) is 0 Å². The number of nitrogens with one attached hydrogen (secondary N) is 1. The van der Waals surface area contributed by atoms with Gasteiger partial charge in [0.25, 0.3) is 0 Å². The number of amides is 1. The van der Waals surface area contributed by atoms with Crippen molar-refractivity contribution >= 4 is 28.2 Å². The molecule has 0 saturated carbocycles. The molecule has 0 bridgehead atoms. The summed E-state index contributed by atoms with van der Waals surface area (Å²) in [6.07, 6.45) is 0.780. The normalized spacial score (nSPS) is 24.1. The first-order valence-electron chi connectivity index (χ1n) is 9.14. The van der Waals surface area contributed by atoms with E-state index in [4.69, 9.17) is 9.47 Å². The molecule has 2 fully saturated rings. The van der Waals surface area contributed by atoms with E-state index in [0.29, 0.717) is 36.5 Å². The highest BCUT2D eigenvalue weighted by Crippen LogP contribution is 2.32. The molecule has 3 aliphatic rings. The number of hydrogen-bond donors (Lipinski definition) is 1. The van der Waals surface area contributed by atoms with Gasteiger partial charge in [0.15, 0.2) is 21.3 Å². The number of nitrogens with zero attached hydrogens (tertiary/aromatic N) is 1. The van der Waals surface area contributed by atoms with Gasteiger partial charge in [0.2, 0.25) is 5.91 Å². The molecule has 1 aromatic rings. The zero-order chi connectivity index (χ0) is 18.1. The van der Waals surface area contributed by atoms with Crippen molar-refractivity contribution < 1.29 is 22.7 Å². The van der Waals surface area contributed by atoms with Crippen LogP contribution in [0.3, 0.4) is 0 Å². The average Bonchev–Trinajstić information content (AvgIpc) is 3.14. The Morgan fingerprint density at radius 2 is 1.78 bits per heavy atom.